The van der Waals surface area contributed by atoms with Crippen molar-refractivity contribution in [2.24, 2.45) is 5.41 Å². The van der Waals surface area contributed by atoms with Crippen molar-refractivity contribution in [3.05, 3.63) is 23.8 Å². The number of hydrogen-bond donors (Lipinski definition) is 2. The maximum absolute atomic E-state index is 11.7. The largest absolute Gasteiger partial charge is 0.462 e. The lowest BCUT2D eigenvalue weighted by Gasteiger charge is -2.17. The molecule has 0 unspecified atom stereocenters. The van der Waals surface area contributed by atoms with E-state index in [-0.39, 0.29) is 5.97 Å². The molecule has 0 atom stereocenters. The van der Waals surface area contributed by atoms with E-state index >= 15 is 0 Å². The number of ether oxygens (including phenoxy) is 1. The van der Waals surface area contributed by atoms with Gasteiger partial charge in [-0.3, -0.25) is 0 Å². The molecule has 1 aliphatic rings. The first-order valence-corrected chi connectivity index (χ1v) is 7.41. The molecule has 2 rings (SSSR count). The van der Waals surface area contributed by atoms with Crippen LogP contribution in [0.3, 0.4) is 0 Å². The lowest BCUT2D eigenvalue weighted by Crippen LogP contribution is -2.16. The van der Waals surface area contributed by atoms with Crippen molar-refractivity contribution in [1.82, 2.24) is 0 Å². The summed E-state index contributed by atoms with van der Waals surface area (Å²) in [6.07, 6.45) is 5.02. The molecule has 4 heteroatoms. The first-order chi connectivity index (χ1) is 9.60. The van der Waals surface area contributed by atoms with Crippen molar-refractivity contribution in [2.45, 2.75) is 39.5 Å². The lowest BCUT2D eigenvalue weighted by atomic mass is 10.0. The number of rotatable bonds is 7. The number of nitrogen functional groups attached to an aromatic ring is 1. The third-order valence-corrected chi connectivity index (χ3v) is 3.96. The second-order valence-corrected chi connectivity index (χ2v) is 5.63. The van der Waals surface area contributed by atoms with Crippen LogP contribution in [0.2, 0.25) is 0 Å². The van der Waals surface area contributed by atoms with Crippen LogP contribution in [0.1, 0.15) is 49.9 Å². The van der Waals surface area contributed by atoms with Gasteiger partial charge in [0.25, 0.3) is 0 Å². The standard InChI is InChI=1S/C16H24N2O2/c1-3-7-16(8-9-16)11-18-14-10-12(5-6-13(14)17)15(19)20-4-2/h5-6,10,18H,3-4,7-9,11,17H2,1-2H3. The number of carbonyl (C=O) groups excluding carboxylic acids is 1. The molecule has 1 aliphatic carbocycles. The Morgan fingerprint density at radius 1 is 1.40 bits per heavy atom. The molecule has 0 aliphatic heterocycles. The number of anilines is 2. The van der Waals surface area contributed by atoms with Gasteiger partial charge in [0.2, 0.25) is 0 Å². The highest BCUT2D eigenvalue weighted by molar-refractivity contribution is 5.92. The third kappa shape index (κ3) is 3.44. The molecule has 0 radical (unpaired) electrons. The van der Waals surface area contributed by atoms with Crippen LogP contribution in [0.5, 0.6) is 0 Å². The van der Waals surface area contributed by atoms with Gasteiger partial charge in [-0.1, -0.05) is 13.3 Å². The number of benzene rings is 1. The van der Waals surface area contributed by atoms with Crippen LogP contribution < -0.4 is 11.1 Å². The smallest absolute Gasteiger partial charge is 0.338 e. The van der Waals surface area contributed by atoms with Gasteiger partial charge in [0.1, 0.15) is 0 Å². The predicted octanol–water partition coefficient (Wildman–Crippen LogP) is 3.44. The molecule has 0 spiro atoms. The zero-order valence-electron chi connectivity index (χ0n) is 12.4. The van der Waals surface area contributed by atoms with Crippen LogP contribution in [0.25, 0.3) is 0 Å². The topological polar surface area (TPSA) is 64.3 Å². The Kier molecular flexibility index (Phi) is 4.53. The van der Waals surface area contributed by atoms with E-state index in [9.17, 15) is 4.79 Å². The summed E-state index contributed by atoms with van der Waals surface area (Å²) in [7, 11) is 0. The monoisotopic (exact) mass is 276 g/mol. The summed E-state index contributed by atoms with van der Waals surface area (Å²) < 4.78 is 5.01. The van der Waals surface area contributed by atoms with Gasteiger partial charge in [0.15, 0.2) is 0 Å². The molecule has 0 heterocycles. The zero-order valence-corrected chi connectivity index (χ0v) is 12.4. The average molecular weight is 276 g/mol. The van der Waals surface area contributed by atoms with Gasteiger partial charge in [-0.05, 0) is 49.8 Å². The number of carbonyl (C=O) groups is 1. The van der Waals surface area contributed by atoms with Gasteiger partial charge in [-0.15, -0.1) is 0 Å². The molecule has 1 aromatic rings. The Morgan fingerprint density at radius 2 is 2.15 bits per heavy atom. The van der Waals surface area contributed by atoms with E-state index in [1.165, 1.54) is 25.7 Å². The summed E-state index contributed by atoms with van der Waals surface area (Å²) in [6.45, 7) is 5.33. The molecule has 0 saturated heterocycles. The molecule has 110 valence electrons. The number of esters is 1. The number of hydrogen-bond acceptors (Lipinski definition) is 4. The summed E-state index contributed by atoms with van der Waals surface area (Å²) in [5.41, 5.74) is 8.47. The Balaban J connectivity index is 2.03. The minimum absolute atomic E-state index is 0.301. The molecule has 1 saturated carbocycles. The minimum Gasteiger partial charge on any atom is -0.462 e. The molecule has 20 heavy (non-hydrogen) atoms. The fourth-order valence-electron chi connectivity index (χ4n) is 2.56. The van der Waals surface area contributed by atoms with Crippen molar-refractivity contribution < 1.29 is 9.53 Å². The van der Waals surface area contributed by atoms with E-state index in [1.54, 1.807) is 25.1 Å². The van der Waals surface area contributed by atoms with Gasteiger partial charge < -0.3 is 15.8 Å². The van der Waals surface area contributed by atoms with Crippen LogP contribution in [-0.2, 0) is 4.74 Å². The highest BCUT2D eigenvalue weighted by Gasteiger charge is 2.41. The van der Waals surface area contributed by atoms with Gasteiger partial charge in [0, 0.05) is 6.54 Å². The maximum atomic E-state index is 11.7. The molecule has 1 aromatic carbocycles. The zero-order chi connectivity index (χ0) is 14.6. The molecular weight excluding hydrogens is 252 g/mol. The second-order valence-electron chi connectivity index (χ2n) is 5.63. The van der Waals surface area contributed by atoms with E-state index in [4.69, 9.17) is 10.5 Å². The van der Waals surface area contributed by atoms with Crippen molar-refractivity contribution >= 4 is 17.3 Å². The molecule has 0 aromatic heterocycles. The first kappa shape index (κ1) is 14.7. The molecule has 1 fully saturated rings. The second kappa shape index (κ2) is 6.16. The fourth-order valence-corrected chi connectivity index (χ4v) is 2.56. The number of nitrogens with two attached hydrogens (primary N) is 1. The van der Waals surface area contributed by atoms with Crippen molar-refractivity contribution in [3.8, 4) is 0 Å². The lowest BCUT2D eigenvalue weighted by molar-refractivity contribution is 0.0526. The van der Waals surface area contributed by atoms with Crippen LogP contribution in [0.15, 0.2) is 18.2 Å². The summed E-state index contributed by atoms with van der Waals surface area (Å²) in [5.74, 6) is -0.301. The highest BCUT2D eigenvalue weighted by Crippen LogP contribution is 2.49. The van der Waals surface area contributed by atoms with Gasteiger partial charge in [0.05, 0.1) is 23.5 Å². The van der Waals surface area contributed by atoms with Gasteiger partial charge in [-0.25, -0.2) is 4.79 Å². The van der Waals surface area contributed by atoms with Crippen molar-refractivity contribution in [2.75, 3.05) is 24.2 Å². The van der Waals surface area contributed by atoms with E-state index in [2.05, 4.69) is 12.2 Å². The van der Waals surface area contributed by atoms with E-state index in [0.717, 1.165) is 12.2 Å². The maximum Gasteiger partial charge on any atom is 0.338 e. The summed E-state index contributed by atoms with van der Waals surface area (Å²) in [6, 6.07) is 5.25. The normalized spacial score (nSPS) is 15.7. The van der Waals surface area contributed by atoms with Gasteiger partial charge in [-0.2, -0.15) is 0 Å². The predicted molar refractivity (Wildman–Crippen MR) is 81.9 cm³/mol. The molecule has 0 bridgehead atoms. The van der Waals surface area contributed by atoms with Crippen molar-refractivity contribution in [1.29, 1.82) is 0 Å². The number of nitrogens with one attached hydrogen (secondary N) is 1. The SMILES string of the molecule is CCCC1(CNc2cc(C(=O)OCC)ccc2N)CC1. The quantitative estimate of drug-likeness (QED) is 0.591. The van der Waals surface area contributed by atoms with Crippen LogP contribution >= 0.6 is 0 Å². The van der Waals surface area contributed by atoms with Crippen LogP contribution in [-0.4, -0.2) is 19.1 Å². The Hall–Kier alpha value is -1.71. The molecule has 0 amide bonds. The van der Waals surface area contributed by atoms with Gasteiger partial charge >= 0.3 is 5.97 Å². The first-order valence-electron chi connectivity index (χ1n) is 7.41. The van der Waals surface area contributed by atoms with E-state index < -0.39 is 0 Å². The highest BCUT2D eigenvalue weighted by atomic mass is 16.5. The third-order valence-electron chi connectivity index (χ3n) is 3.96. The summed E-state index contributed by atoms with van der Waals surface area (Å²) >= 11 is 0. The molecule has 3 N–H and O–H groups in total. The van der Waals surface area contributed by atoms with Crippen LogP contribution in [0, 0.1) is 5.41 Å². The fraction of sp³-hybridized carbons (Fsp3) is 0.562. The Morgan fingerprint density at radius 3 is 2.75 bits per heavy atom. The Labute approximate surface area is 120 Å². The van der Waals surface area contributed by atoms with E-state index in [0.29, 0.717) is 23.3 Å². The molecular formula is C16H24N2O2. The average Bonchev–Trinajstić information content (AvgIpc) is 3.19. The minimum atomic E-state index is -0.301. The summed E-state index contributed by atoms with van der Waals surface area (Å²) in [5, 5.41) is 3.41. The molecule has 4 nitrogen and oxygen atoms in total. The van der Waals surface area contributed by atoms with Crippen LogP contribution in [0.4, 0.5) is 11.4 Å². The van der Waals surface area contributed by atoms with E-state index in [1.807, 2.05) is 0 Å². The summed E-state index contributed by atoms with van der Waals surface area (Å²) in [4.78, 5) is 11.7. The van der Waals surface area contributed by atoms with Crippen molar-refractivity contribution in [3.63, 3.8) is 0 Å². The Bertz CT molecular complexity index is 481.